The number of fused-ring (bicyclic) bond motifs is 1. The van der Waals surface area contributed by atoms with Gasteiger partial charge in [-0.25, -0.2) is 0 Å². The van der Waals surface area contributed by atoms with Gasteiger partial charge < -0.3 is 10.1 Å². The standard InChI is InChI=1S/C15H20BrNO/c16-14-3-1-2-13-12(14)4-5-15(13)17-10-11-6-8-18-9-7-11/h1-3,11,15,17H,4-10H2. The van der Waals surface area contributed by atoms with Gasteiger partial charge in [0.05, 0.1) is 0 Å². The fourth-order valence-corrected chi connectivity index (χ4v) is 3.66. The third-order valence-electron chi connectivity index (χ3n) is 4.21. The van der Waals surface area contributed by atoms with Crippen LogP contribution in [-0.2, 0) is 11.2 Å². The lowest BCUT2D eigenvalue weighted by molar-refractivity contribution is 0.0654. The van der Waals surface area contributed by atoms with E-state index in [1.54, 1.807) is 0 Å². The first kappa shape index (κ1) is 12.6. The molecule has 1 aliphatic heterocycles. The molecule has 2 nitrogen and oxygen atoms in total. The molecule has 0 amide bonds. The summed E-state index contributed by atoms with van der Waals surface area (Å²) in [6.45, 7) is 3.03. The fraction of sp³-hybridized carbons (Fsp3) is 0.600. The average molecular weight is 310 g/mol. The number of hydrogen-bond acceptors (Lipinski definition) is 2. The smallest absolute Gasteiger partial charge is 0.0469 e. The number of nitrogens with one attached hydrogen (secondary N) is 1. The number of ether oxygens (including phenoxy) is 1. The quantitative estimate of drug-likeness (QED) is 0.923. The van der Waals surface area contributed by atoms with Gasteiger partial charge in [-0.05, 0) is 55.3 Å². The summed E-state index contributed by atoms with van der Waals surface area (Å²) in [5, 5.41) is 3.76. The summed E-state index contributed by atoms with van der Waals surface area (Å²) in [4.78, 5) is 0. The summed E-state index contributed by atoms with van der Waals surface area (Å²) in [6, 6.07) is 7.13. The van der Waals surface area contributed by atoms with Crippen LogP contribution >= 0.6 is 15.9 Å². The van der Waals surface area contributed by atoms with Crippen molar-refractivity contribution in [2.45, 2.75) is 31.7 Å². The molecule has 3 rings (SSSR count). The number of rotatable bonds is 3. The van der Waals surface area contributed by atoms with Gasteiger partial charge in [0, 0.05) is 23.7 Å². The molecule has 0 aromatic heterocycles. The summed E-state index contributed by atoms with van der Waals surface area (Å²) in [5.74, 6) is 0.801. The van der Waals surface area contributed by atoms with E-state index >= 15 is 0 Å². The van der Waals surface area contributed by atoms with E-state index < -0.39 is 0 Å². The minimum Gasteiger partial charge on any atom is -0.381 e. The average Bonchev–Trinajstić information content (AvgIpc) is 2.82. The molecule has 3 heteroatoms. The highest BCUT2D eigenvalue weighted by Gasteiger charge is 2.24. The predicted octanol–water partition coefficient (Wildman–Crippen LogP) is 3.45. The molecular formula is C15H20BrNO. The van der Waals surface area contributed by atoms with Crippen molar-refractivity contribution < 1.29 is 4.74 Å². The highest BCUT2D eigenvalue weighted by molar-refractivity contribution is 9.10. The Morgan fingerprint density at radius 3 is 2.89 bits per heavy atom. The monoisotopic (exact) mass is 309 g/mol. The van der Waals surface area contributed by atoms with Crippen LogP contribution in [0.15, 0.2) is 22.7 Å². The summed E-state index contributed by atoms with van der Waals surface area (Å²) in [5.41, 5.74) is 3.00. The van der Waals surface area contributed by atoms with Gasteiger partial charge in [-0.1, -0.05) is 28.1 Å². The highest BCUT2D eigenvalue weighted by atomic mass is 79.9. The maximum absolute atomic E-state index is 5.41. The van der Waals surface area contributed by atoms with Gasteiger partial charge in [-0.15, -0.1) is 0 Å². The second kappa shape index (κ2) is 5.72. The Labute approximate surface area is 117 Å². The van der Waals surface area contributed by atoms with Crippen molar-refractivity contribution in [1.82, 2.24) is 5.32 Å². The van der Waals surface area contributed by atoms with Crippen molar-refractivity contribution in [3.63, 3.8) is 0 Å². The second-order valence-electron chi connectivity index (χ2n) is 5.36. The Hall–Kier alpha value is -0.380. The molecule has 1 aromatic rings. The minimum atomic E-state index is 0.556. The third kappa shape index (κ3) is 2.63. The molecule has 1 fully saturated rings. The zero-order valence-electron chi connectivity index (χ0n) is 10.6. The van der Waals surface area contributed by atoms with Crippen molar-refractivity contribution in [3.05, 3.63) is 33.8 Å². The molecule has 1 aliphatic carbocycles. The first-order valence-electron chi connectivity index (χ1n) is 6.93. The Morgan fingerprint density at radius 2 is 2.06 bits per heavy atom. The van der Waals surface area contributed by atoms with Crippen LogP contribution in [0, 0.1) is 5.92 Å². The second-order valence-corrected chi connectivity index (χ2v) is 6.22. The summed E-state index contributed by atoms with van der Waals surface area (Å²) in [6.07, 6.45) is 4.86. The molecule has 18 heavy (non-hydrogen) atoms. The van der Waals surface area contributed by atoms with Crippen LogP contribution in [0.2, 0.25) is 0 Å². The zero-order chi connectivity index (χ0) is 12.4. The van der Waals surface area contributed by atoms with Crippen LogP contribution in [0.3, 0.4) is 0 Å². The lowest BCUT2D eigenvalue weighted by Crippen LogP contribution is -2.29. The summed E-state index contributed by atoms with van der Waals surface area (Å²) < 4.78 is 6.68. The van der Waals surface area contributed by atoms with Crippen molar-refractivity contribution >= 4 is 15.9 Å². The van der Waals surface area contributed by atoms with Gasteiger partial charge in [0.2, 0.25) is 0 Å². The van der Waals surface area contributed by atoms with Gasteiger partial charge in [-0.3, -0.25) is 0 Å². The van der Waals surface area contributed by atoms with Crippen molar-refractivity contribution in [2.75, 3.05) is 19.8 Å². The molecule has 0 saturated carbocycles. The van der Waals surface area contributed by atoms with E-state index in [0.29, 0.717) is 6.04 Å². The number of hydrogen-bond donors (Lipinski definition) is 1. The molecule has 1 unspecified atom stereocenters. The molecule has 1 aromatic carbocycles. The third-order valence-corrected chi connectivity index (χ3v) is 4.95. The van der Waals surface area contributed by atoms with Gasteiger partial charge in [0.25, 0.3) is 0 Å². The molecule has 1 N–H and O–H groups in total. The predicted molar refractivity (Wildman–Crippen MR) is 76.7 cm³/mol. The minimum absolute atomic E-state index is 0.556. The van der Waals surface area contributed by atoms with Gasteiger partial charge in [-0.2, -0.15) is 0 Å². The lowest BCUT2D eigenvalue weighted by Gasteiger charge is -2.24. The molecule has 0 bridgehead atoms. The Kier molecular flexibility index (Phi) is 4.02. The van der Waals surface area contributed by atoms with E-state index in [1.807, 2.05) is 0 Å². The molecule has 1 saturated heterocycles. The molecule has 98 valence electrons. The number of halogens is 1. The lowest BCUT2D eigenvalue weighted by atomic mass is 9.99. The Morgan fingerprint density at radius 1 is 1.22 bits per heavy atom. The Balaban J connectivity index is 1.60. The van der Waals surface area contributed by atoms with Crippen molar-refractivity contribution in [3.8, 4) is 0 Å². The van der Waals surface area contributed by atoms with Gasteiger partial charge in [0.15, 0.2) is 0 Å². The van der Waals surface area contributed by atoms with E-state index in [9.17, 15) is 0 Å². The first-order valence-corrected chi connectivity index (χ1v) is 7.72. The summed E-state index contributed by atoms with van der Waals surface area (Å²) >= 11 is 3.66. The summed E-state index contributed by atoms with van der Waals surface area (Å²) in [7, 11) is 0. The van der Waals surface area contributed by atoms with Crippen molar-refractivity contribution in [1.29, 1.82) is 0 Å². The SMILES string of the molecule is Brc1cccc2c1CCC2NCC1CCOCC1. The molecule has 2 aliphatic rings. The van der Waals surface area contributed by atoms with Crippen LogP contribution in [0.25, 0.3) is 0 Å². The topological polar surface area (TPSA) is 21.3 Å². The maximum Gasteiger partial charge on any atom is 0.0469 e. The highest BCUT2D eigenvalue weighted by Crippen LogP contribution is 2.35. The molecule has 0 spiro atoms. The van der Waals surface area contributed by atoms with Crippen LogP contribution in [0.5, 0.6) is 0 Å². The first-order chi connectivity index (χ1) is 8.84. The fourth-order valence-electron chi connectivity index (χ4n) is 3.08. The van der Waals surface area contributed by atoms with Crippen LogP contribution in [-0.4, -0.2) is 19.8 Å². The van der Waals surface area contributed by atoms with E-state index in [4.69, 9.17) is 4.74 Å². The van der Waals surface area contributed by atoms with Crippen molar-refractivity contribution in [2.24, 2.45) is 5.92 Å². The molecular weight excluding hydrogens is 290 g/mol. The van der Waals surface area contributed by atoms with Crippen LogP contribution < -0.4 is 5.32 Å². The van der Waals surface area contributed by atoms with Crippen LogP contribution in [0.4, 0.5) is 0 Å². The van der Waals surface area contributed by atoms with E-state index in [2.05, 4.69) is 39.4 Å². The van der Waals surface area contributed by atoms with E-state index in [-0.39, 0.29) is 0 Å². The maximum atomic E-state index is 5.41. The Bertz CT molecular complexity index is 415. The van der Waals surface area contributed by atoms with E-state index in [1.165, 1.54) is 41.3 Å². The van der Waals surface area contributed by atoms with E-state index in [0.717, 1.165) is 25.7 Å². The molecule has 0 radical (unpaired) electrons. The van der Waals surface area contributed by atoms with Crippen LogP contribution in [0.1, 0.15) is 36.4 Å². The zero-order valence-corrected chi connectivity index (χ0v) is 12.2. The van der Waals surface area contributed by atoms with Gasteiger partial charge in [0.1, 0.15) is 0 Å². The molecule has 1 heterocycles. The normalized spacial score (nSPS) is 24.2. The number of benzene rings is 1. The largest absolute Gasteiger partial charge is 0.381 e. The van der Waals surface area contributed by atoms with Gasteiger partial charge >= 0.3 is 0 Å². The molecule has 1 atom stereocenters.